The number of halogens is 1. The number of ether oxygens (including phenoxy) is 1. The molecule has 0 radical (unpaired) electrons. The van der Waals surface area contributed by atoms with E-state index in [1.54, 1.807) is 0 Å². The predicted molar refractivity (Wildman–Crippen MR) is 67.1 cm³/mol. The molecular formula is C11H15BrN2O2. The Morgan fingerprint density at radius 3 is 2.62 bits per heavy atom. The normalized spacial score (nSPS) is 10.8. The Labute approximate surface area is 103 Å². The van der Waals surface area contributed by atoms with Crippen LogP contribution >= 0.6 is 15.9 Å². The fourth-order valence-electron chi connectivity index (χ4n) is 0.993. The van der Waals surface area contributed by atoms with E-state index in [2.05, 4.69) is 26.8 Å². The van der Waals surface area contributed by atoms with Crippen LogP contribution in [0.25, 0.3) is 0 Å². The van der Waals surface area contributed by atoms with E-state index >= 15 is 0 Å². The van der Waals surface area contributed by atoms with Crippen molar-refractivity contribution in [1.82, 2.24) is 5.43 Å². The number of carbonyl (C=O) groups excluding carboxylic acids is 1. The van der Waals surface area contributed by atoms with Crippen molar-refractivity contribution < 1.29 is 9.53 Å². The fourth-order valence-corrected chi connectivity index (χ4v) is 1.39. The monoisotopic (exact) mass is 286 g/mol. The summed E-state index contributed by atoms with van der Waals surface area (Å²) in [5.74, 6) is 0. The lowest BCUT2D eigenvalue weighted by Gasteiger charge is -2.20. The van der Waals surface area contributed by atoms with Gasteiger partial charge >= 0.3 is 6.09 Å². The molecule has 0 aliphatic rings. The predicted octanol–water partition coefficient (Wildman–Crippen LogP) is 3.30. The summed E-state index contributed by atoms with van der Waals surface area (Å²) in [4.78, 5) is 11.3. The number of hydrazine groups is 1. The van der Waals surface area contributed by atoms with E-state index in [-0.39, 0.29) is 0 Å². The third kappa shape index (κ3) is 5.02. The first-order chi connectivity index (χ1) is 7.37. The summed E-state index contributed by atoms with van der Waals surface area (Å²) in [6.07, 6.45) is -0.507. The van der Waals surface area contributed by atoms with Gasteiger partial charge in [-0.05, 0) is 39.0 Å². The molecule has 0 unspecified atom stereocenters. The molecule has 0 atom stereocenters. The van der Waals surface area contributed by atoms with Crippen molar-refractivity contribution in [3.8, 4) is 0 Å². The van der Waals surface area contributed by atoms with Crippen LogP contribution in [0.2, 0.25) is 0 Å². The lowest BCUT2D eigenvalue weighted by atomic mass is 10.2. The molecule has 0 aromatic heterocycles. The summed E-state index contributed by atoms with van der Waals surface area (Å²) in [6.45, 7) is 5.43. The number of anilines is 1. The third-order valence-electron chi connectivity index (χ3n) is 1.53. The first-order valence-corrected chi connectivity index (χ1v) is 5.67. The summed E-state index contributed by atoms with van der Waals surface area (Å²) in [5.41, 5.74) is 5.49. The van der Waals surface area contributed by atoms with Crippen molar-refractivity contribution in [2.45, 2.75) is 26.4 Å². The van der Waals surface area contributed by atoms with Gasteiger partial charge in [0.25, 0.3) is 0 Å². The topological polar surface area (TPSA) is 50.4 Å². The Balaban J connectivity index is 2.43. The molecule has 1 amide bonds. The summed E-state index contributed by atoms with van der Waals surface area (Å²) >= 11 is 3.33. The molecule has 4 nitrogen and oxygen atoms in total. The van der Waals surface area contributed by atoms with Crippen molar-refractivity contribution >= 4 is 27.7 Å². The number of hydrogen-bond donors (Lipinski definition) is 2. The number of benzene rings is 1. The van der Waals surface area contributed by atoms with Crippen molar-refractivity contribution in [3.05, 3.63) is 28.7 Å². The van der Waals surface area contributed by atoms with Crippen LogP contribution < -0.4 is 10.9 Å². The van der Waals surface area contributed by atoms with Crippen molar-refractivity contribution in [2.75, 3.05) is 5.43 Å². The van der Waals surface area contributed by atoms with Crippen LogP contribution in [-0.2, 0) is 4.74 Å². The number of nitrogens with one attached hydrogen (secondary N) is 2. The van der Waals surface area contributed by atoms with Crippen molar-refractivity contribution in [2.24, 2.45) is 0 Å². The number of carbonyl (C=O) groups is 1. The standard InChI is InChI=1S/C11H15BrN2O2/c1-11(2,3)16-10(15)14-13-9-6-4-5-8(12)7-9/h4-7,13H,1-3H3,(H,14,15). The zero-order valence-electron chi connectivity index (χ0n) is 9.50. The summed E-state index contributed by atoms with van der Waals surface area (Å²) in [6, 6.07) is 7.45. The number of hydrogen-bond acceptors (Lipinski definition) is 3. The Morgan fingerprint density at radius 1 is 1.38 bits per heavy atom. The third-order valence-corrected chi connectivity index (χ3v) is 2.03. The van der Waals surface area contributed by atoms with Gasteiger partial charge in [-0.3, -0.25) is 5.43 Å². The second-order valence-corrected chi connectivity index (χ2v) is 5.18. The van der Waals surface area contributed by atoms with Crippen LogP contribution in [0.4, 0.5) is 10.5 Å². The van der Waals surface area contributed by atoms with Gasteiger partial charge in [0.2, 0.25) is 0 Å². The zero-order chi connectivity index (χ0) is 12.2. The maximum Gasteiger partial charge on any atom is 0.426 e. The molecule has 88 valence electrons. The van der Waals surface area contributed by atoms with Gasteiger partial charge in [-0.2, -0.15) is 0 Å². The van der Waals surface area contributed by atoms with Crippen LogP contribution in [0.3, 0.4) is 0 Å². The molecule has 0 fully saturated rings. The van der Waals surface area contributed by atoms with Gasteiger partial charge in [0, 0.05) is 4.47 Å². The van der Waals surface area contributed by atoms with E-state index in [1.165, 1.54) is 0 Å². The lowest BCUT2D eigenvalue weighted by molar-refractivity contribution is 0.0541. The van der Waals surface area contributed by atoms with Crippen LogP contribution in [-0.4, -0.2) is 11.7 Å². The molecule has 0 saturated heterocycles. The van der Waals surface area contributed by atoms with Crippen LogP contribution in [0.1, 0.15) is 20.8 Å². The molecule has 0 saturated carbocycles. The molecule has 0 heterocycles. The SMILES string of the molecule is CC(C)(C)OC(=O)NNc1cccc(Br)c1. The lowest BCUT2D eigenvalue weighted by Crippen LogP contribution is -2.35. The van der Waals surface area contributed by atoms with E-state index in [4.69, 9.17) is 4.74 Å². The highest BCUT2D eigenvalue weighted by atomic mass is 79.9. The Bertz CT molecular complexity index is 374. The zero-order valence-corrected chi connectivity index (χ0v) is 11.1. The highest BCUT2D eigenvalue weighted by Gasteiger charge is 2.15. The minimum absolute atomic E-state index is 0.497. The van der Waals surface area contributed by atoms with Crippen LogP contribution in [0.5, 0.6) is 0 Å². The van der Waals surface area contributed by atoms with Crippen molar-refractivity contribution in [1.29, 1.82) is 0 Å². The van der Waals surface area contributed by atoms with E-state index in [1.807, 2.05) is 45.0 Å². The van der Waals surface area contributed by atoms with Gasteiger partial charge in [-0.25, -0.2) is 10.2 Å². The highest BCUT2D eigenvalue weighted by molar-refractivity contribution is 9.10. The maximum atomic E-state index is 11.3. The van der Waals surface area contributed by atoms with Crippen molar-refractivity contribution in [3.63, 3.8) is 0 Å². The smallest absolute Gasteiger partial charge is 0.426 e. The van der Waals surface area contributed by atoms with E-state index in [0.29, 0.717) is 0 Å². The first-order valence-electron chi connectivity index (χ1n) is 4.87. The minimum atomic E-state index is -0.507. The molecule has 1 aromatic rings. The summed E-state index contributed by atoms with van der Waals surface area (Å²) in [7, 11) is 0. The molecule has 1 rings (SSSR count). The van der Waals surface area contributed by atoms with Crippen LogP contribution in [0.15, 0.2) is 28.7 Å². The van der Waals surface area contributed by atoms with Gasteiger partial charge < -0.3 is 4.74 Å². The molecule has 0 spiro atoms. The van der Waals surface area contributed by atoms with Gasteiger partial charge in [0.05, 0.1) is 5.69 Å². The van der Waals surface area contributed by atoms with Gasteiger partial charge in [-0.1, -0.05) is 22.0 Å². The minimum Gasteiger partial charge on any atom is -0.443 e. The Morgan fingerprint density at radius 2 is 2.06 bits per heavy atom. The van der Waals surface area contributed by atoms with E-state index in [9.17, 15) is 4.79 Å². The first kappa shape index (κ1) is 12.8. The molecule has 0 bridgehead atoms. The summed E-state index contributed by atoms with van der Waals surface area (Å²) in [5, 5.41) is 0. The molecule has 5 heteroatoms. The average molecular weight is 287 g/mol. The largest absolute Gasteiger partial charge is 0.443 e. The Kier molecular flexibility index (Phi) is 4.18. The molecule has 0 aliphatic carbocycles. The summed E-state index contributed by atoms with van der Waals surface area (Å²) < 4.78 is 6.00. The van der Waals surface area contributed by atoms with E-state index in [0.717, 1.165) is 10.2 Å². The molecule has 1 aromatic carbocycles. The van der Waals surface area contributed by atoms with Crippen LogP contribution in [0, 0.1) is 0 Å². The molecule has 2 N–H and O–H groups in total. The second-order valence-electron chi connectivity index (χ2n) is 4.26. The highest BCUT2D eigenvalue weighted by Crippen LogP contribution is 2.14. The maximum absolute atomic E-state index is 11.3. The van der Waals surface area contributed by atoms with Gasteiger partial charge in [0.1, 0.15) is 5.60 Å². The van der Waals surface area contributed by atoms with E-state index < -0.39 is 11.7 Å². The fraction of sp³-hybridized carbons (Fsp3) is 0.364. The average Bonchev–Trinajstić information content (AvgIpc) is 2.12. The number of rotatable bonds is 2. The van der Waals surface area contributed by atoms with Gasteiger partial charge in [-0.15, -0.1) is 0 Å². The molecule has 16 heavy (non-hydrogen) atoms. The Hall–Kier alpha value is -1.23. The number of amides is 1. The molecule has 0 aliphatic heterocycles. The second kappa shape index (κ2) is 5.21. The molecular weight excluding hydrogens is 272 g/mol. The van der Waals surface area contributed by atoms with Gasteiger partial charge in [0.15, 0.2) is 0 Å². The quantitative estimate of drug-likeness (QED) is 0.820.